The maximum atomic E-state index is 14.5. The van der Waals surface area contributed by atoms with Gasteiger partial charge in [-0.3, -0.25) is 4.57 Å². The number of para-hydroxylation sites is 1. The van der Waals surface area contributed by atoms with Crippen molar-refractivity contribution in [2.45, 2.75) is 76.1 Å². The van der Waals surface area contributed by atoms with E-state index in [1.807, 2.05) is 0 Å². The summed E-state index contributed by atoms with van der Waals surface area (Å²) < 4.78 is 42.4. The zero-order chi connectivity index (χ0) is 30.7. The van der Waals surface area contributed by atoms with Crippen LogP contribution >= 0.6 is 0 Å². The van der Waals surface area contributed by atoms with Crippen LogP contribution in [0.15, 0.2) is 40.7 Å². The van der Waals surface area contributed by atoms with Gasteiger partial charge in [-0.2, -0.15) is 0 Å². The van der Waals surface area contributed by atoms with E-state index in [-0.39, 0.29) is 53.0 Å². The molecule has 1 aromatic heterocycles. The first kappa shape index (κ1) is 31.6. The van der Waals surface area contributed by atoms with E-state index in [0.29, 0.717) is 6.04 Å². The molecule has 0 bridgehead atoms. The summed E-state index contributed by atoms with van der Waals surface area (Å²) in [4.78, 5) is 4.42. The Bertz CT molecular complexity index is 1530. The molecule has 1 aromatic carbocycles. The summed E-state index contributed by atoms with van der Waals surface area (Å²) >= 11 is 0. The molecular formula is C29H41N5O6SSi. The van der Waals surface area contributed by atoms with Crippen LogP contribution in [0.1, 0.15) is 44.9 Å². The van der Waals surface area contributed by atoms with Crippen LogP contribution in [0.25, 0.3) is 11.4 Å². The molecule has 11 nitrogen and oxygen atoms in total. The molecule has 0 unspecified atom stereocenters. The third kappa shape index (κ3) is 6.66. The average molecular weight is 616 g/mol. The summed E-state index contributed by atoms with van der Waals surface area (Å²) in [5, 5.41) is 30.0. The van der Waals surface area contributed by atoms with Crippen molar-refractivity contribution in [1.29, 1.82) is 0 Å². The van der Waals surface area contributed by atoms with Gasteiger partial charge in [-0.05, 0) is 49.6 Å². The van der Waals surface area contributed by atoms with E-state index in [2.05, 4.69) is 46.3 Å². The highest BCUT2D eigenvalue weighted by Gasteiger charge is 2.41. The summed E-state index contributed by atoms with van der Waals surface area (Å²) in [5.74, 6) is 0.289. The number of hydrogen-bond acceptors (Lipinski definition) is 9. The standard InChI is InChI=1S/C29H41N5O6SSi/c1-20(27(36)21-12-8-7-9-13-21)41(37,38)33(18-19-42(4,5)6)29-32-31-28(22-14-10-17-25(30-22)40-3)34(29)26-23(35)15-11-16-24(26)39-2/h11,15-17,20-21,27,35-36H,7-9,12-13,18-19H2,1-6H3/t20-,27+/m1/s1. The molecule has 0 radical (unpaired) electrons. The number of rotatable bonds is 11. The highest BCUT2D eigenvalue weighted by molar-refractivity contribution is 7.93. The van der Waals surface area contributed by atoms with Crippen LogP contribution in [0.3, 0.4) is 0 Å². The van der Waals surface area contributed by atoms with E-state index in [1.54, 1.807) is 19.1 Å². The number of aliphatic imine (C=N–C) groups is 1. The molecule has 1 aliphatic carbocycles. The Hall–Kier alpha value is -3.34. The molecule has 2 heterocycles. The van der Waals surface area contributed by atoms with Gasteiger partial charge in [0.25, 0.3) is 0 Å². The summed E-state index contributed by atoms with van der Waals surface area (Å²) in [6, 6.07) is 5.35. The van der Waals surface area contributed by atoms with Crippen molar-refractivity contribution in [3.63, 3.8) is 0 Å². The first-order valence-electron chi connectivity index (χ1n) is 14.2. The fourth-order valence-electron chi connectivity index (χ4n) is 5.26. The lowest BCUT2D eigenvalue weighted by molar-refractivity contribution is 0.0839. The average Bonchev–Trinajstić information content (AvgIpc) is 3.40. The van der Waals surface area contributed by atoms with Crippen LogP contribution in [0, 0.1) is 5.92 Å². The van der Waals surface area contributed by atoms with E-state index in [0.717, 1.165) is 32.1 Å². The van der Waals surface area contributed by atoms with Crippen molar-refractivity contribution in [1.82, 2.24) is 14.8 Å². The van der Waals surface area contributed by atoms with E-state index in [4.69, 9.17) is 9.47 Å². The second kappa shape index (κ2) is 12.9. The number of phenols is 1. The van der Waals surface area contributed by atoms with Crippen molar-refractivity contribution < 1.29 is 28.1 Å². The minimum Gasteiger partial charge on any atom is -0.506 e. The van der Waals surface area contributed by atoms with Crippen molar-refractivity contribution in [3.05, 3.63) is 41.6 Å². The molecule has 1 saturated carbocycles. The molecule has 1 fully saturated rings. The van der Waals surface area contributed by atoms with E-state index < -0.39 is 29.5 Å². The third-order valence-corrected chi connectivity index (χ3v) is 11.7. The first-order valence-corrected chi connectivity index (χ1v) is 19.5. The quantitative estimate of drug-likeness (QED) is 0.278. The molecule has 4 rings (SSSR count). The van der Waals surface area contributed by atoms with Gasteiger partial charge in [0.05, 0.1) is 26.4 Å². The highest BCUT2D eigenvalue weighted by Crippen LogP contribution is 2.39. The van der Waals surface area contributed by atoms with Crippen LogP contribution < -0.4 is 9.04 Å². The first-order chi connectivity index (χ1) is 19.9. The molecule has 2 aliphatic rings. The van der Waals surface area contributed by atoms with Gasteiger partial charge in [0.1, 0.15) is 22.4 Å². The number of anilines is 1. The summed E-state index contributed by atoms with van der Waals surface area (Å²) in [5.41, 5.74) is 6.05. The number of aliphatic hydroxyl groups is 1. The fraction of sp³-hybridized carbons (Fsp3) is 0.552. The molecule has 42 heavy (non-hydrogen) atoms. The zero-order valence-corrected chi connectivity index (χ0v) is 27.0. The van der Waals surface area contributed by atoms with E-state index in [1.165, 1.54) is 35.2 Å². The maximum absolute atomic E-state index is 14.5. The third-order valence-electron chi connectivity index (χ3n) is 7.78. The van der Waals surface area contributed by atoms with E-state index >= 15 is 0 Å². The lowest BCUT2D eigenvalue weighted by atomic mass is 9.84. The van der Waals surface area contributed by atoms with Gasteiger partial charge in [0, 0.05) is 14.6 Å². The molecular weight excluding hydrogens is 575 g/mol. The molecule has 0 saturated heterocycles. The van der Waals surface area contributed by atoms with Crippen molar-refractivity contribution in [3.8, 4) is 17.2 Å². The monoisotopic (exact) mass is 615 g/mol. The molecule has 13 heteroatoms. The largest absolute Gasteiger partial charge is 0.506 e. The second-order valence-corrected chi connectivity index (χ2v) is 19.8. The number of hydrogen-bond donors (Lipinski definition) is 2. The van der Waals surface area contributed by atoms with Crippen molar-refractivity contribution in [2.75, 3.05) is 25.1 Å². The van der Waals surface area contributed by atoms with Crippen LogP contribution in [0.2, 0.25) is 25.7 Å². The summed E-state index contributed by atoms with van der Waals surface area (Å²) in [6.45, 7) is 8.15. The number of aromatic nitrogens is 3. The van der Waals surface area contributed by atoms with Crippen LogP contribution in [0.5, 0.6) is 11.5 Å². The Morgan fingerprint density at radius 3 is 2.50 bits per heavy atom. The number of phenolic OH excluding ortho intramolecular Hbond substituents is 1. The second-order valence-electron chi connectivity index (χ2n) is 11.9. The number of nitrogens with zero attached hydrogens (tertiary/aromatic N) is 5. The highest BCUT2D eigenvalue weighted by atomic mass is 32.2. The minimum absolute atomic E-state index is 0.0521. The van der Waals surface area contributed by atoms with Gasteiger partial charge in [0.15, 0.2) is 11.5 Å². The lowest BCUT2D eigenvalue weighted by Gasteiger charge is -2.34. The molecule has 1 aliphatic heterocycles. The van der Waals surface area contributed by atoms with Crippen molar-refractivity contribution >= 4 is 35.6 Å². The van der Waals surface area contributed by atoms with Crippen LogP contribution in [-0.4, -0.2) is 79.5 Å². The smallest absolute Gasteiger partial charge is 0.246 e. The number of benzene rings is 1. The van der Waals surface area contributed by atoms with Gasteiger partial charge >= 0.3 is 0 Å². The van der Waals surface area contributed by atoms with Gasteiger partial charge in [-0.25, -0.2) is 17.7 Å². The number of methoxy groups -OCH3 is 2. The SMILES string of the molecule is COC1=NC(c2nnc(N(CC[Si](C)(C)C)S(=O)(=O)[C@H](C)[C@H](O)C3CCCCC3)n2-c2c(O)cccc2OC)=C=C=C1. The molecule has 228 valence electrons. The lowest BCUT2D eigenvalue weighted by Crippen LogP contribution is -2.48. The number of aromatic hydroxyl groups is 1. The Kier molecular flexibility index (Phi) is 9.69. The van der Waals surface area contributed by atoms with Gasteiger partial charge in [-0.1, -0.05) is 50.7 Å². The molecule has 2 atom stereocenters. The number of sulfonamides is 1. The van der Waals surface area contributed by atoms with Gasteiger partial charge in [0.2, 0.25) is 21.9 Å². The van der Waals surface area contributed by atoms with Crippen LogP contribution in [0.4, 0.5) is 5.95 Å². The minimum atomic E-state index is -4.17. The van der Waals surface area contributed by atoms with Gasteiger partial charge < -0.3 is 19.7 Å². The van der Waals surface area contributed by atoms with Gasteiger partial charge in [-0.15, -0.1) is 10.2 Å². The fourth-order valence-corrected chi connectivity index (χ4v) is 7.98. The molecule has 0 amide bonds. The normalized spacial score (nSPS) is 17.4. The summed E-state index contributed by atoms with van der Waals surface area (Å²) in [7, 11) is -3.02. The Morgan fingerprint density at radius 1 is 1.14 bits per heavy atom. The van der Waals surface area contributed by atoms with Crippen LogP contribution in [-0.2, 0) is 14.8 Å². The Balaban J connectivity index is 1.94. The molecule has 2 N–H and O–H groups in total. The molecule has 2 aromatic rings. The Labute approximate surface area is 249 Å². The zero-order valence-electron chi connectivity index (χ0n) is 25.2. The molecule has 0 spiro atoms. The number of ether oxygens (including phenoxy) is 2. The predicted molar refractivity (Wildman–Crippen MR) is 165 cm³/mol. The number of aliphatic hydroxyl groups excluding tert-OH is 1. The topological polar surface area (TPSA) is 139 Å². The summed E-state index contributed by atoms with van der Waals surface area (Å²) in [6.07, 6.45) is 5.08. The predicted octanol–water partition coefficient (Wildman–Crippen LogP) is 4.50. The maximum Gasteiger partial charge on any atom is 0.246 e. The van der Waals surface area contributed by atoms with Crippen molar-refractivity contribution in [2.24, 2.45) is 10.9 Å². The van der Waals surface area contributed by atoms with E-state index in [9.17, 15) is 18.6 Å². The Morgan fingerprint density at radius 2 is 1.86 bits per heavy atom.